The molecule has 140 valence electrons. The van der Waals surface area contributed by atoms with Crippen LogP contribution in [-0.2, 0) is 23.9 Å². The Bertz CT molecular complexity index is 628. The number of hydrogen-bond donors (Lipinski definition) is 4. The van der Waals surface area contributed by atoms with Crippen molar-refractivity contribution >= 4 is 17.7 Å². The molecule has 0 aromatic heterocycles. The molecule has 0 spiro atoms. The molecular formula is C16H24N2O7. The molecule has 1 unspecified atom stereocenters. The Balaban J connectivity index is 2.53. The molecule has 4 atom stereocenters. The molecule has 9 nitrogen and oxygen atoms in total. The fourth-order valence-corrected chi connectivity index (χ4v) is 3.07. The molecule has 2 fully saturated rings. The third kappa shape index (κ3) is 3.68. The highest BCUT2D eigenvalue weighted by atomic mass is 16.6. The minimum absolute atomic E-state index is 0.0422. The topological polar surface area (TPSA) is 148 Å². The van der Waals surface area contributed by atoms with Gasteiger partial charge in [-0.15, -0.1) is 0 Å². The number of amides is 1. The molecule has 5 N–H and O–H groups in total. The van der Waals surface area contributed by atoms with Crippen LogP contribution >= 0.6 is 0 Å². The van der Waals surface area contributed by atoms with Crippen molar-refractivity contribution in [3.05, 3.63) is 11.3 Å². The Labute approximate surface area is 145 Å². The van der Waals surface area contributed by atoms with E-state index in [0.717, 1.165) is 0 Å². The fraction of sp³-hybridized carbons (Fsp3) is 0.688. The van der Waals surface area contributed by atoms with E-state index in [4.69, 9.17) is 15.2 Å². The predicted molar refractivity (Wildman–Crippen MR) is 85.2 cm³/mol. The first-order valence-electron chi connectivity index (χ1n) is 8.05. The van der Waals surface area contributed by atoms with Crippen LogP contribution in [0.5, 0.6) is 0 Å². The van der Waals surface area contributed by atoms with E-state index < -0.39 is 46.9 Å². The standard InChI is InChI=1S/C16H24N2O7/c1-15(23)7-6-9(24-3)12(20)11(15)13(21)16(2)18-10(19)5-4-8(17)14(22)25-16/h8-9,21,23H,4-7,17H2,1-3H3,(H,18,19)/t8-,9+,15-,16?/m1/s1. The van der Waals surface area contributed by atoms with Crippen molar-refractivity contribution in [2.75, 3.05) is 7.11 Å². The molecule has 1 saturated carbocycles. The van der Waals surface area contributed by atoms with Crippen molar-refractivity contribution in [3.8, 4) is 0 Å². The van der Waals surface area contributed by atoms with Gasteiger partial charge in [0.1, 0.15) is 12.1 Å². The fourth-order valence-electron chi connectivity index (χ4n) is 3.07. The lowest BCUT2D eigenvalue weighted by molar-refractivity contribution is -0.167. The Hall–Kier alpha value is -1.97. The van der Waals surface area contributed by atoms with Gasteiger partial charge in [0.15, 0.2) is 11.5 Å². The van der Waals surface area contributed by atoms with E-state index in [1.807, 2.05) is 0 Å². The number of ether oxygens (including phenoxy) is 2. The smallest absolute Gasteiger partial charge is 0.325 e. The third-order valence-electron chi connectivity index (χ3n) is 4.61. The number of esters is 1. The summed E-state index contributed by atoms with van der Waals surface area (Å²) < 4.78 is 10.3. The number of methoxy groups -OCH3 is 1. The third-order valence-corrected chi connectivity index (χ3v) is 4.61. The molecule has 25 heavy (non-hydrogen) atoms. The van der Waals surface area contributed by atoms with E-state index in [-0.39, 0.29) is 31.3 Å². The van der Waals surface area contributed by atoms with Crippen molar-refractivity contribution in [1.29, 1.82) is 0 Å². The van der Waals surface area contributed by atoms with Gasteiger partial charge in [-0.1, -0.05) is 0 Å². The van der Waals surface area contributed by atoms with Crippen LogP contribution in [0.3, 0.4) is 0 Å². The zero-order valence-corrected chi connectivity index (χ0v) is 14.5. The largest absolute Gasteiger partial charge is 0.506 e. The summed E-state index contributed by atoms with van der Waals surface area (Å²) in [6.07, 6.45) is -0.371. The second-order valence-electron chi connectivity index (χ2n) is 6.77. The molecule has 9 heteroatoms. The second-order valence-corrected chi connectivity index (χ2v) is 6.77. The van der Waals surface area contributed by atoms with Gasteiger partial charge in [0, 0.05) is 20.5 Å². The van der Waals surface area contributed by atoms with Gasteiger partial charge in [-0.3, -0.25) is 14.4 Å². The van der Waals surface area contributed by atoms with E-state index in [1.54, 1.807) is 0 Å². The average Bonchev–Trinajstić information content (AvgIpc) is 2.51. The number of rotatable bonds is 2. The highest BCUT2D eigenvalue weighted by Crippen LogP contribution is 2.36. The SMILES string of the molecule is CO[C@H]1CC[C@@](C)(O)C(=C(O)C2(C)NC(=O)CC[C@@H](N)C(=O)O2)C1=O. The van der Waals surface area contributed by atoms with Crippen LogP contribution in [-0.4, -0.2) is 58.5 Å². The lowest BCUT2D eigenvalue weighted by Gasteiger charge is -2.39. The molecule has 2 aliphatic rings. The normalized spacial score (nSPS) is 39.2. The minimum atomic E-state index is -2.02. The minimum Gasteiger partial charge on any atom is -0.506 e. The van der Waals surface area contributed by atoms with Crippen molar-refractivity contribution in [1.82, 2.24) is 5.32 Å². The van der Waals surface area contributed by atoms with Gasteiger partial charge < -0.3 is 30.7 Å². The summed E-state index contributed by atoms with van der Waals surface area (Å²) in [6, 6.07) is -1.03. The molecule has 2 rings (SSSR count). The molecule has 0 bridgehead atoms. The molecular weight excluding hydrogens is 332 g/mol. The summed E-state index contributed by atoms with van der Waals surface area (Å²) in [5.41, 5.74) is 1.61. The Morgan fingerprint density at radius 1 is 1.32 bits per heavy atom. The number of aliphatic hydroxyl groups excluding tert-OH is 1. The van der Waals surface area contributed by atoms with Gasteiger partial charge in [0.05, 0.1) is 11.2 Å². The van der Waals surface area contributed by atoms with Gasteiger partial charge >= 0.3 is 5.97 Å². The van der Waals surface area contributed by atoms with Crippen molar-refractivity contribution in [2.45, 2.75) is 63.0 Å². The summed E-state index contributed by atoms with van der Waals surface area (Å²) >= 11 is 0. The lowest BCUT2D eigenvalue weighted by atomic mass is 9.77. The summed E-state index contributed by atoms with van der Waals surface area (Å²) in [6.45, 7) is 2.59. The zero-order chi connectivity index (χ0) is 19.0. The number of carbonyl (C=O) groups excluding carboxylic acids is 3. The molecule has 0 aromatic rings. The van der Waals surface area contributed by atoms with Crippen molar-refractivity contribution in [3.63, 3.8) is 0 Å². The highest BCUT2D eigenvalue weighted by Gasteiger charge is 2.49. The van der Waals surface area contributed by atoms with Crippen LogP contribution in [0.25, 0.3) is 0 Å². The summed E-state index contributed by atoms with van der Waals surface area (Å²) in [7, 11) is 1.34. The highest BCUT2D eigenvalue weighted by molar-refractivity contribution is 6.02. The van der Waals surface area contributed by atoms with Gasteiger partial charge in [0.25, 0.3) is 0 Å². The first kappa shape index (κ1) is 19.4. The summed E-state index contributed by atoms with van der Waals surface area (Å²) in [5.74, 6) is -2.71. The number of ketones is 1. The monoisotopic (exact) mass is 356 g/mol. The number of cyclic esters (lactones) is 1. The molecule has 0 aromatic carbocycles. The van der Waals surface area contributed by atoms with E-state index in [0.29, 0.717) is 0 Å². The number of nitrogens with two attached hydrogens (primary N) is 1. The van der Waals surface area contributed by atoms with Crippen molar-refractivity contribution < 1.29 is 34.1 Å². The molecule has 1 heterocycles. The van der Waals surface area contributed by atoms with E-state index in [1.165, 1.54) is 21.0 Å². The van der Waals surface area contributed by atoms with E-state index >= 15 is 0 Å². The number of carbonyl (C=O) groups is 3. The van der Waals surface area contributed by atoms with Gasteiger partial charge in [-0.2, -0.15) is 0 Å². The number of Topliss-reactive ketones (excluding diaryl/α,β-unsaturated/α-hetero) is 1. The van der Waals surface area contributed by atoms with Crippen molar-refractivity contribution in [2.24, 2.45) is 5.73 Å². The van der Waals surface area contributed by atoms with Gasteiger partial charge in [-0.25, -0.2) is 0 Å². The van der Waals surface area contributed by atoms with Crippen LogP contribution < -0.4 is 11.1 Å². The van der Waals surface area contributed by atoms with Crippen LogP contribution in [0, 0.1) is 0 Å². The van der Waals surface area contributed by atoms with Gasteiger partial charge in [-0.05, 0) is 26.2 Å². The number of hydrogen-bond acceptors (Lipinski definition) is 8. The number of nitrogens with one attached hydrogen (secondary N) is 1. The van der Waals surface area contributed by atoms with E-state index in [2.05, 4.69) is 5.32 Å². The zero-order valence-electron chi connectivity index (χ0n) is 14.5. The molecule has 1 aliphatic heterocycles. The average molecular weight is 356 g/mol. The molecule has 1 saturated heterocycles. The van der Waals surface area contributed by atoms with E-state index in [9.17, 15) is 24.6 Å². The van der Waals surface area contributed by atoms with Gasteiger partial charge in [0.2, 0.25) is 11.6 Å². The Morgan fingerprint density at radius 3 is 2.56 bits per heavy atom. The van der Waals surface area contributed by atoms with Crippen LogP contribution in [0.15, 0.2) is 11.3 Å². The van der Waals surface area contributed by atoms with Crippen LogP contribution in [0.4, 0.5) is 0 Å². The summed E-state index contributed by atoms with van der Waals surface area (Å²) in [5, 5.41) is 23.7. The Morgan fingerprint density at radius 2 is 1.96 bits per heavy atom. The summed E-state index contributed by atoms with van der Waals surface area (Å²) in [4.78, 5) is 36.6. The first-order valence-corrected chi connectivity index (χ1v) is 8.05. The lowest BCUT2D eigenvalue weighted by Crippen LogP contribution is -2.57. The second kappa shape index (κ2) is 6.74. The molecule has 1 aliphatic carbocycles. The quantitative estimate of drug-likeness (QED) is 0.292. The Kier molecular flexibility index (Phi) is 5.22. The molecule has 0 radical (unpaired) electrons. The molecule has 1 amide bonds. The van der Waals surface area contributed by atoms with Crippen LogP contribution in [0.2, 0.25) is 0 Å². The maximum Gasteiger partial charge on any atom is 0.325 e. The maximum atomic E-state index is 12.6. The first-order chi connectivity index (χ1) is 11.5. The van der Waals surface area contributed by atoms with Crippen LogP contribution in [0.1, 0.15) is 39.5 Å². The maximum absolute atomic E-state index is 12.6. The number of aliphatic hydroxyl groups is 2. The predicted octanol–water partition coefficient (Wildman–Crippen LogP) is -0.576.